The fraction of sp³-hybridized carbons (Fsp3) is 0.423. The Hall–Kier alpha value is -2.65. The summed E-state index contributed by atoms with van der Waals surface area (Å²) >= 11 is 11.6. The van der Waals surface area contributed by atoms with E-state index in [0.29, 0.717) is 36.9 Å². The molecule has 2 heterocycles. The SMILES string of the molecule is CN1CCC(CC(=O)c2ccc(C3=NOC(c4cc(Cl)c(F)c(Cl)c4)(C(F)(F)F)C3)c3c2CCC3)C1=O. The summed E-state index contributed by atoms with van der Waals surface area (Å²) in [6, 6.07) is 4.90. The number of benzene rings is 2. The highest BCUT2D eigenvalue weighted by Crippen LogP contribution is 2.50. The van der Waals surface area contributed by atoms with Crippen molar-refractivity contribution in [2.45, 2.75) is 50.3 Å². The molecule has 0 spiro atoms. The first-order chi connectivity index (χ1) is 17.4. The van der Waals surface area contributed by atoms with Crippen LogP contribution in [-0.4, -0.2) is 42.1 Å². The van der Waals surface area contributed by atoms with E-state index < -0.39 is 39.6 Å². The molecule has 2 unspecified atom stereocenters. The number of amides is 1. The normalized spacial score (nSPS) is 23.3. The number of Topliss-reactive ketones (excluding diaryl/α,β-unsaturated/α-hetero) is 1. The zero-order valence-electron chi connectivity index (χ0n) is 19.7. The molecule has 196 valence electrons. The maximum Gasteiger partial charge on any atom is 0.435 e. The highest BCUT2D eigenvalue weighted by molar-refractivity contribution is 6.35. The molecule has 3 aliphatic rings. The lowest BCUT2D eigenvalue weighted by Crippen LogP contribution is -2.42. The molecule has 37 heavy (non-hydrogen) atoms. The number of alkyl halides is 3. The molecular formula is C26H22Cl2F4N2O3. The van der Waals surface area contributed by atoms with Crippen LogP contribution in [0.25, 0.3) is 0 Å². The molecule has 0 bridgehead atoms. The van der Waals surface area contributed by atoms with E-state index in [1.807, 2.05) is 0 Å². The third-order valence-corrected chi connectivity index (χ3v) is 8.05. The molecule has 11 heteroatoms. The molecule has 5 nitrogen and oxygen atoms in total. The van der Waals surface area contributed by atoms with Crippen LogP contribution in [0.15, 0.2) is 29.4 Å². The van der Waals surface area contributed by atoms with Gasteiger partial charge in [-0.2, -0.15) is 13.2 Å². The van der Waals surface area contributed by atoms with Crippen LogP contribution >= 0.6 is 23.2 Å². The minimum absolute atomic E-state index is 0.0523. The molecule has 1 aliphatic carbocycles. The van der Waals surface area contributed by atoms with Gasteiger partial charge in [-0.3, -0.25) is 9.59 Å². The zero-order chi connectivity index (χ0) is 26.7. The number of carbonyl (C=O) groups excluding carboxylic acids is 2. The molecule has 1 amide bonds. The predicted octanol–water partition coefficient (Wildman–Crippen LogP) is 6.25. The van der Waals surface area contributed by atoms with E-state index in [0.717, 1.165) is 29.7 Å². The molecular weight excluding hydrogens is 535 g/mol. The highest BCUT2D eigenvalue weighted by atomic mass is 35.5. The van der Waals surface area contributed by atoms with Crippen molar-refractivity contribution in [3.8, 4) is 0 Å². The summed E-state index contributed by atoms with van der Waals surface area (Å²) in [6.45, 7) is 0.610. The van der Waals surface area contributed by atoms with E-state index in [1.54, 1.807) is 24.1 Å². The van der Waals surface area contributed by atoms with Crippen molar-refractivity contribution < 1.29 is 32.0 Å². The minimum atomic E-state index is -4.91. The third-order valence-electron chi connectivity index (χ3n) is 7.50. The van der Waals surface area contributed by atoms with E-state index >= 15 is 0 Å². The van der Waals surface area contributed by atoms with Crippen molar-refractivity contribution >= 4 is 40.6 Å². The molecule has 0 N–H and O–H groups in total. The number of carbonyl (C=O) groups is 2. The van der Waals surface area contributed by atoms with Crippen molar-refractivity contribution in [3.05, 3.63) is 67.9 Å². The van der Waals surface area contributed by atoms with E-state index in [4.69, 9.17) is 28.0 Å². The van der Waals surface area contributed by atoms with Crippen LogP contribution in [0.3, 0.4) is 0 Å². The molecule has 5 rings (SSSR count). The van der Waals surface area contributed by atoms with Crippen molar-refractivity contribution in [1.82, 2.24) is 4.90 Å². The summed E-state index contributed by atoms with van der Waals surface area (Å²) in [6.07, 6.45) is -2.96. The molecule has 0 aromatic heterocycles. The minimum Gasteiger partial charge on any atom is -0.374 e. The van der Waals surface area contributed by atoms with Crippen LogP contribution in [0.4, 0.5) is 17.6 Å². The standard InChI is InChI=1S/C26H22Cl2F4N2O3/c1-34-8-7-13(24(34)36)9-22(35)18-6-5-17(15-3-2-4-16(15)18)21-12-25(37-33-21,26(30,31)32)14-10-19(27)23(29)20(28)11-14/h5-6,10-11,13H,2-4,7-9,12H2,1H3. The van der Waals surface area contributed by atoms with Gasteiger partial charge in [0.15, 0.2) is 11.6 Å². The van der Waals surface area contributed by atoms with Gasteiger partial charge in [-0.1, -0.05) is 40.5 Å². The largest absolute Gasteiger partial charge is 0.435 e. The number of hydrogen-bond acceptors (Lipinski definition) is 4. The summed E-state index contributed by atoms with van der Waals surface area (Å²) in [5.74, 6) is -1.58. The monoisotopic (exact) mass is 556 g/mol. The van der Waals surface area contributed by atoms with Crippen molar-refractivity contribution in [3.63, 3.8) is 0 Å². The topological polar surface area (TPSA) is 59.0 Å². The molecule has 1 fully saturated rings. The maximum absolute atomic E-state index is 14.4. The highest BCUT2D eigenvalue weighted by Gasteiger charge is 2.62. The van der Waals surface area contributed by atoms with E-state index in [-0.39, 0.29) is 29.7 Å². The van der Waals surface area contributed by atoms with Gasteiger partial charge in [0.2, 0.25) is 5.91 Å². The first-order valence-corrected chi connectivity index (χ1v) is 12.6. The van der Waals surface area contributed by atoms with Crippen LogP contribution in [0.5, 0.6) is 0 Å². The van der Waals surface area contributed by atoms with Gasteiger partial charge >= 0.3 is 6.18 Å². The molecule has 0 radical (unpaired) electrons. The average molecular weight is 557 g/mol. The summed E-state index contributed by atoms with van der Waals surface area (Å²) in [4.78, 5) is 32.1. The van der Waals surface area contributed by atoms with E-state index in [2.05, 4.69) is 5.16 Å². The number of ketones is 1. The lowest BCUT2D eigenvalue weighted by molar-refractivity contribution is -0.275. The number of oxime groups is 1. The van der Waals surface area contributed by atoms with Gasteiger partial charge in [-0.15, -0.1) is 0 Å². The lowest BCUT2D eigenvalue weighted by atomic mass is 9.84. The number of fused-ring (bicyclic) bond motifs is 1. The molecule has 0 saturated carbocycles. The first-order valence-electron chi connectivity index (χ1n) is 11.8. The second-order valence-corrected chi connectivity index (χ2v) is 10.5. The summed E-state index contributed by atoms with van der Waals surface area (Å²) in [5.41, 5.74) is -0.762. The zero-order valence-corrected chi connectivity index (χ0v) is 21.2. The van der Waals surface area contributed by atoms with Crippen LogP contribution in [0.2, 0.25) is 10.0 Å². The second-order valence-electron chi connectivity index (χ2n) is 9.73. The van der Waals surface area contributed by atoms with Crippen LogP contribution in [0.1, 0.15) is 58.3 Å². The van der Waals surface area contributed by atoms with Crippen LogP contribution in [-0.2, 0) is 28.1 Å². The number of rotatable bonds is 5. The molecule has 1 saturated heterocycles. The summed E-state index contributed by atoms with van der Waals surface area (Å²) in [7, 11) is 1.71. The Bertz CT molecular complexity index is 1320. The third kappa shape index (κ3) is 4.30. The number of hydrogen-bond donors (Lipinski definition) is 0. The van der Waals surface area contributed by atoms with E-state index in [1.165, 1.54) is 0 Å². The first kappa shape index (κ1) is 26.0. The Balaban J connectivity index is 1.47. The molecule has 2 atom stereocenters. The van der Waals surface area contributed by atoms with Crippen molar-refractivity contribution in [2.24, 2.45) is 11.1 Å². The number of halogens is 6. The molecule has 2 aromatic carbocycles. The van der Waals surface area contributed by atoms with Crippen molar-refractivity contribution in [2.75, 3.05) is 13.6 Å². The van der Waals surface area contributed by atoms with Gasteiger partial charge in [0.1, 0.15) is 0 Å². The van der Waals surface area contributed by atoms with Gasteiger partial charge in [0, 0.05) is 49.0 Å². The molecule has 2 aliphatic heterocycles. The summed E-state index contributed by atoms with van der Waals surface area (Å²) in [5, 5.41) is 2.71. The predicted molar refractivity (Wildman–Crippen MR) is 130 cm³/mol. The number of likely N-dealkylation sites (tertiary alicyclic amines) is 1. The lowest BCUT2D eigenvalue weighted by Gasteiger charge is -2.30. The van der Waals surface area contributed by atoms with Gasteiger partial charge in [0.25, 0.3) is 5.60 Å². The Morgan fingerprint density at radius 2 is 1.86 bits per heavy atom. The Morgan fingerprint density at radius 3 is 2.49 bits per heavy atom. The van der Waals surface area contributed by atoms with Gasteiger partial charge in [-0.25, -0.2) is 4.39 Å². The Kier molecular flexibility index (Phi) is 6.51. The second kappa shape index (κ2) is 9.27. The summed E-state index contributed by atoms with van der Waals surface area (Å²) < 4.78 is 57.1. The van der Waals surface area contributed by atoms with Crippen molar-refractivity contribution in [1.29, 1.82) is 0 Å². The maximum atomic E-state index is 14.4. The smallest absolute Gasteiger partial charge is 0.374 e. The van der Waals surface area contributed by atoms with Crippen LogP contribution < -0.4 is 0 Å². The van der Waals surface area contributed by atoms with Gasteiger partial charge in [0.05, 0.1) is 15.8 Å². The van der Waals surface area contributed by atoms with Gasteiger partial charge in [-0.05, 0) is 48.9 Å². The fourth-order valence-electron chi connectivity index (χ4n) is 5.49. The van der Waals surface area contributed by atoms with Crippen LogP contribution in [0, 0.1) is 11.7 Å². The quantitative estimate of drug-likeness (QED) is 0.248. The Morgan fingerprint density at radius 1 is 1.19 bits per heavy atom. The van der Waals surface area contributed by atoms with Gasteiger partial charge < -0.3 is 9.74 Å². The number of nitrogens with zero attached hydrogens (tertiary/aromatic N) is 2. The average Bonchev–Trinajstić information content (AvgIpc) is 3.57. The Labute approximate surface area is 220 Å². The fourth-order valence-corrected chi connectivity index (χ4v) is 5.98. The van der Waals surface area contributed by atoms with E-state index in [9.17, 15) is 27.2 Å². The molecule has 2 aromatic rings.